The van der Waals surface area contributed by atoms with E-state index in [1.165, 1.54) is 0 Å². The maximum atomic E-state index is 11.5. The Labute approximate surface area is 75.5 Å². The highest BCUT2D eigenvalue weighted by Gasteiger charge is 2.50. The number of carbonyl (C=O) groups is 2. The molecule has 2 rings (SSSR count). The second-order valence-corrected chi connectivity index (χ2v) is 3.63. The van der Waals surface area contributed by atoms with Crippen molar-refractivity contribution >= 4 is 11.8 Å². The lowest BCUT2D eigenvalue weighted by atomic mass is 9.74. The smallest absolute Gasteiger partial charge is 0.246 e. The Kier molecular flexibility index (Phi) is 1.76. The Hall–Kier alpha value is -1.10. The van der Waals surface area contributed by atoms with Crippen molar-refractivity contribution in [2.75, 3.05) is 6.61 Å². The van der Waals surface area contributed by atoms with Gasteiger partial charge in [-0.05, 0) is 19.3 Å². The molecule has 0 radical (unpaired) electrons. The summed E-state index contributed by atoms with van der Waals surface area (Å²) in [6.07, 6.45) is 2.39. The van der Waals surface area contributed by atoms with E-state index in [1.807, 2.05) is 0 Å². The molecule has 2 amide bonds. The summed E-state index contributed by atoms with van der Waals surface area (Å²) < 4.78 is 0. The largest absolute Gasteiger partial charge is 0.394 e. The fraction of sp³-hybridized carbons (Fsp3) is 0.750. The van der Waals surface area contributed by atoms with E-state index in [0.29, 0.717) is 12.8 Å². The van der Waals surface area contributed by atoms with Gasteiger partial charge in [-0.15, -0.1) is 0 Å². The van der Waals surface area contributed by atoms with Crippen molar-refractivity contribution in [3.8, 4) is 0 Å². The Morgan fingerprint density at radius 1 is 1.46 bits per heavy atom. The molecule has 0 aromatic carbocycles. The van der Waals surface area contributed by atoms with Gasteiger partial charge in [0.1, 0.15) is 11.6 Å². The van der Waals surface area contributed by atoms with E-state index in [9.17, 15) is 9.59 Å². The summed E-state index contributed by atoms with van der Waals surface area (Å²) in [4.78, 5) is 22.8. The number of rotatable bonds is 1. The van der Waals surface area contributed by atoms with Gasteiger partial charge < -0.3 is 15.7 Å². The third-order valence-electron chi connectivity index (χ3n) is 2.81. The Morgan fingerprint density at radius 2 is 2.15 bits per heavy atom. The zero-order valence-electron chi connectivity index (χ0n) is 7.17. The lowest BCUT2D eigenvalue weighted by Gasteiger charge is -2.45. The van der Waals surface area contributed by atoms with Crippen LogP contribution in [-0.4, -0.2) is 35.1 Å². The molecule has 1 atom stereocenters. The summed E-state index contributed by atoms with van der Waals surface area (Å²) >= 11 is 0. The lowest BCUT2D eigenvalue weighted by molar-refractivity contribution is -0.146. The molecule has 2 fully saturated rings. The van der Waals surface area contributed by atoms with Crippen molar-refractivity contribution in [2.45, 2.75) is 30.8 Å². The van der Waals surface area contributed by atoms with Gasteiger partial charge in [-0.3, -0.25) is 9.59 Å². The summed E-state index contributed by atoms with van der Waals surface area (Å²) in [6.45, 7) is -0.340. The molecule has 0 bridgehead atoms. The van der Waals surface area contributed by atoms with E-state index >= 15 is 0 Å². The van der Waals surface area contributed by atoms with Crippen LogP contribution in [0.15, 0.2) is 0 Å². The molecule has 1 aliphatic carbocycles. The zero-order valence-corrected chi connectivity index (χ0v) is 7.17. The van der Waals surface area contributed by atoms with Gasteiger partial charge >= 0.3 is 0 Å². The highest BCUT2D eigenvalue weighted by Crippen LogP contribution is 2.33. The van der Waals surface area contributed by atoms with Crippen LogP contribution in [0.5, 0.6) is 0 Å². The van der Waals surface area contributed by atoms with Gasteiger partial charge in [0, 0.05) is 0 Å². The molecule has 5 heteroatoms. The van der Waals surface area contributed by atoms with Crippen molar-refractivity contribution in [3.05, 3.63) is 0 Å². The van der Waals surface area contributed by atoms with Crippen molar-refractivity contribution in [1.82, 2.24) is 10.6 Å². The second kappa shape index (κ2) is 2.70. The number of hydrogen-bond donors (Lipinski definition) is 3. The highest BCUT2D eigenvalue weighted by molar-refractivity contribution is 6.00. The van der Waals surface area contributed by atoms with Crippen LogP contribution >= 0.6 is 0 Å². The molecule has 3 N–H and O–H groups in total. The first kappa shape index (κ1) is 8.50. The van der Waals surface area contributed by atoms with Crippen LogP contribution in [0.1, 0.15) is 19.3 Å². The first-order valence-corrected chi connectivity index (χ1v) is 4.42. The van der Waals surface area contributed by atoms with E-state index in [-0.39, 0.29) is 18.4 Å². The molecule has 1 saturated carbocycles. The van der Waals surface area contributed by atoms with Crippen LogP contribution < -0.4 is 10.6 Å². The van der Waals surface area contributed by atoms with E-state index in [4.69, 9.17) is 5.11 Å². The van der Waals surface area contributed by atoms with Gasteiger partial charge in [-0.1, -0.05) is 0 Å². The number of aliphatic hydroxyl groups is 1. The predicted octanol–water partition coefficient (Wildman–Crippen LogP) is -1.48. The van der Waals surface area contributed by atoms with E-state index in [2.05, 4.69) is 10.6 Å². The number of carbonyl (C=O) groups excluding carboxylic acids is 2. The minimum Gasteiger partial charge on any atom is -0.394 e. The molecule has 2 aliphatic rings. The number of hydrogen-bond acceptors (Lipinski definition) is 3. The van der Waals surface area contributed by atoms with Gasteiger partial charge in [0.25, 0.3) is 0 Å². The first-order chi connectivity index (χ1) is 6.18. The van der Waals surface area contributed by atoms with Gasteiger partial charge in [0.2, 0.25) is 11.8 Å². The van der Waals surface area contributed by atoms with Gasteiger partial charge in [0.15, 0.2) is 0 Å². The lowest BCUT2D eigenvalue weighted by Crippen LogP contribution is -2.72. The molecule has 1 aliphatic heterocycles. The average Bonchev–Trinajstić information content (AvgIpc) is 2.05. The minimum absolute atomic E-state index is 0.155. The summed E-state index contributed by atoms with van der Waals surface area (Å²) in [5, 5.41) is 13.9. The molecule has 1 spiro atoms. The van der Waals surface area contributed by atoms with Gasteiger partial charge in [0.05, 0.1) is 6.61 Å². The Balaban J connectivity index is 2.13. The fourth-order valence-electron chi connectivity index (χ4n) is 1.75. The molecule has 1 heterocycles. The van der Waals surface area contributed by atoms with Crippen molar-refractivity contribution in [1.29, 1.82) is 0 Å². The highest BCUT2D eigenvalue weighted by atomic mass is 16.3. The molecule has 0 unspecified atom stereocenters. The molecular formula is C8H12N2O3. The van der Waals surface area contributed by atoms with E-state index in [1.54, 1.807) is 0 Å². The average molecular weight is 184 g/mol. The van der Waals surface area contributed by atoms with Crippen LogP contribution in [0.4, 0.5) is 0 Å². The fourth-order valence-corrected chi connectivity index (χ4v) is 1.75. The molecule has 1 saturated heterocycles. The third-order valence-corrected chi connectivity index (χ3v) is 2.81. The monoisotopic (exact) mass is 184 g/mol. The standard InChI is InChI=1S/C8H12N2O3/c11-4-5-6(12)10-8(2-1-3-8)7(13)9-5/h5,11H,1-4H2,(H,9,13)(H,10,12)/t5-/m0/s1. The topological polar surface area (TPSA) is 78.4 Å². The van der Waals surface area contributed by atoms with Crippen LogP contribution in [0.3, 0.4) is 0 Å². The van der Waals surface area contributed by atoms with Crippen LogP contribution in [0, 0.1) is 0 Å². The SMILES string of the molecule is O=C1NC2(CCC2)C(=O)N[C@H]1CO. The van der Waals surface area contributed by atoms with Gasteiger partial charge in [-0.2, -0.15) is 0 Å². The van der Waals surface area contributed by atoms with E-state index in [0.717, 1.165) is 6.42 Å². The minimum atomic E-state index is -0.765. The quantitative estimate of drug-likeness (QED) is 0.465. The van der Waals surface area contributed by atoms with Crippen molar-refractivity contribution in [2.24, 2.45) is 0 Å². The maximum absolute atomic E-state index is 11.5. The number of nitrogens with one attached hydrogen (secondary N) is 2. The maximum Gasteiger partial charge on any atom is 0.246 e. The van der Waals surface area contributed by atoms with Crippen LogP contribution in [-0.2, 0) is 9.59 Å². The van der Waals surface area contributed by atoms with Crippen LogP contribution in [0.2, 0.25) is 0 Å². The molecule has 0 aromatic heterocycles. The third kappa shape index (κ3) is 1.11. The van der Waals surface area contributed by atoms with E-state index < -0.39 is 11.6 Å². The van der Waals surface area contributed by atoms with Crippen molar-refractivity contribution in [3.63, 3.8) is 0 Å². The number of amides is 2. The predicted molar refractivity (Wildman–Crippen MR) is 43.7 cm³/mol. The Morgan fingerprint density at radius 3 is 2.62 bits per heavy atom. The number of aliphatic hydroxyl groups excluding tert-OH is 1. The molecule has 13 heavy (non-hydrogen) atoms. The molecule has 0 aromatic rings. The first-order valence-electron chi connectivity index (χ1n) is 4.42. The molecule has 72 valence electrons. The molecular weight excluding hydrogens is 172 g/mol. The summed E-state index contributed by atoms with van der Waals surface area (Å²) in [5.41, 5.74) is -0.650. The second-order valence-electron chi connectivity index (χ2n) is 3.63. The molecule has 5 nitrogen and oxygen atoms in total. The van der Waals surface area contributed by atoms with Gasteiger partial charge in [-0.25, -0.2) is 0 Å². The number of piperazine rings is 1. The van der Waals surface area contributed by atoms with Crippen molar-refractivity contribution < 1.29 is 14.7 Å². The summed E-state index contributed by atoms with van der Waals surface area (Å²) in [7, 11) is 0. The summed E-state index contributed by atoms with van der Waals surface area (Å²) in [6, 6.07) is -0.765. The Bertz CT molecular complexity index is 260. The van der Waals surface area contributed by atoms with Crippen LogP contribution in [0.25, 0.3) is 0 Å². The zero-order chi connectivity index (χ0) is 9.47. The normalized spacial score (nSPS) is 30.7. The summed E-state index contributed by atoms with van der Waals surface area (Å²) in [5.74, 6) is -0.431.